The van der Waals surface area contributed by atoms with Gasteiger partial charge in [-0.2, -0.15) is 0 Å². The van der Waals surface area contributed by atoms with Gasteiger partial charge in [-0.1, -0.05) is 11.6 Å². The molecule has 0 heterocycles. The number of carbonyl (C=O) groups excluding carboxylic acids is 2. The molecule has 126 valence electrons. The SMILES string of the molecule is COC(=O)c1ccc(Cl)c(NC(=O)c2ccc(S(C)(=O)=O)cc2)c1. The van der Waals surface area contributed by atoms with Crippen molar-refractivity contribution in [3.8, 4) is 0 Å². The number of ether oxygens (including phenoxy) is 1. The van der Waals surface area contributed by atoms with Crippen molar-refractivity contribution in [2.24, 2.45) is 0 Å². The van der Waals surface area contributed by atoms with Crippen molar-refractivity contribution in [2.45, 2.75) is 4.90 Å². The zero-order chi connectivity index (χ0) is 17.9. The molecule has 2 aromatic rings. The highest BCUT2D eigenvalue weighted by atomic mass is 35.5. The second-order valence-corrected chi connectivity index (χ2v) is 7.36. The van der Waals surface area contributed by atoms with Crippen molar-refractivity contribution < 1.29 is 22.7 Å². The number of carbonyl (C=O) groups is 2. The van der Waals surface area contributed by atoms with E-state index in [1.54, 1.807) is 0 Å². The molecule has 0 saturated carbocycles. The van der Waals surface area contributed by atoms with Crippen molar-refractivity contribution in [3.05, 3.63) is 58.6 Å². The monoisotopic (exact) mass is 367 g/mol. The number of sulfone groups is 1. The van der Waals surface area contributed by atoms with E-state index in [-0.39, 0.29) is 26.7 Å². The number of esters is 1. The van der Waals surface area contributed by atoms with E-state index >= 15 is 0 Å². The van der Waals surface area contributed by atoms with Crippen LogP contribution in [0.1, 0.15) is 20.7 Å². The maximum Gasteiger partial charge on any atom is 0.337 e. The fourth-order valence-electron chi connectivity index (χ4n) is 1.91. The summed E-state index contributed by atoms with van der Waals surface area (Å²) in [6.45, 7) is 0. The summed E-state index contributed by atoms with van der Waals surface area (Å²) in [6, 6.07) is 9.82. The van der Waals surface area contributed by atoms with E-state index in [0.717, 1.165) is 6.26 Å². The Balaban J connectivity index is 2.25. The predicted molar refractivity (Wildman–Crippen MR) is 90.3 cm³/mol. The van der Waals surface area contributed by atoms with Crippen LogP contribution in [0.4, 0.5) is 5.69 Å². The van der Waals surface area contributed by atoms with Crippen LogP contribution in [0.2, 0.25) is 5.02 Å². The van der Waals surface area contributed by atoms with Gasteiger partial charge in [-0.05, 0) is 42.5 Å². The Morgan fingerprint density at radius 3 is 2.17 bits per heavy atom. The molecule has 0 spiro atoms. The third-order valence-corrected chi connectivity index (χ3v) is 4.64. The Labute approximate surface area is 144 Å². The molecule has 0 unspecified atom stereocenters. The lowest BCUT2D eigenvalue weighted by molar-refractivity contribution is 0.0600. The minimum Gasteiger partial charge on any atom is -0.465 e. The molecule has 0 aliphatic rings. The van der Waals surface area contributed by atoms with Gasteiger partial charge >= 0.3 is 5.97 Å². The number of halogens is 1. The highest BCUT2D eigenvalue weighted by Gasteiger charge is 2.13. The highest BCUT2D eigenvalue weighted by Crippen LogP contribution is 2.24. The molecule has 0 bridgehead atoms. The molecule has 24 heavy (non-hydrogen) atoms. The molecule has 2 aromatic carbocycles. The van der Waals surface area contributed by atoms with Gasteiger partial charge in [-0.15, -0.1) is 0 Å². The largest absolute Gasteiger partial charge is 0.465 e. The van der Waals surface area contributed by atoms with Crippen molar-refractivity contribution in [2.75, 3.05) is 18.7 Å². The number of nitrogens with one attached hydrogen (secondary N) is 1. The van der Waals surface area contributed by atoms with Crippen LogP contribution in [0.3, 0.4) is 0 Å². The first-order valence-electron chi connectivity index (χ1n) is 6.71. The van der Waals surface area contributed by atoms with Gasteiger partial charge < -0.3 is 10.1 Å². The normalized spacial score (nSPS) is 11.0. The van der Waals surface area contributed by atoms with Gasteiger partial charge in [0.05, 0.1) is 28.3 Å². The van der Waals surface area contributed by atoms with E-state index in [0.29, 0.717) is 0 Å². The standard InChI is InChI=1S/C16H14ClNO5S/c1-23-16(20)11-5-8-13(17)14(9-11)18-15(19)10-3-6-12(7-4-10)24(2,21)22/h3-9H,1-2H3,(H,18,19). The zero-order valence-corrected chi connectivity index (χ0v) is 14.4. The van der Waals surface area contributed by atoms with E-state index in [2.05, 4.69) is 10.1 Å². The summed E-state index contributed by atoms with van der Waals surface area (Å²) in [4.78, 5) is 23.9. The van der Waals surface area contributed by atoms with E-state index < -0.39 is 21.7 Å². The lowest BCUT2D eigenvalue weighted by Crippen LogP contribution is -2.13. The second kappa shape index (κ2) is 7.02. The van der Waals surface area contributed by atoms with E-state index in [1.807, 2.05) is 0 Å². The molecule has 2 rings (SSSR count). The van der Waals surface area contributed by atoms with E-state index in [4.69, 9.17) is 11.6 Å². The topological polar surface area (TPSA) is 89.5 Å². The molecule has 0 aliphatic heterocycles. The third kappa shape index (κ3) is 4.12. The number of amides is 1. The summed E-state index contributed by atoms with van der Waals surface area (Å²) in [5.41, 5.74) is 0.739. The molecule has 1 N–H and O–H groups in total. The number of rotatable bonds is 4. The predicted octanol–water partition coefficient (Wildman–Crippen LogP) is 2.78. The molecular formula is C16H14ClNO5S. The summed E-state index contributed by atoms with van der Waals surface area (Å²) in [5.74, 6) is -1.04. The fraction of sp³-hybridized carbons (Fsp3) is 0.125. The first kappa shape index (κ1) is 18.0. The van der Waals surface area contributed by atoms with Crippen molar-refractivity contribution >= 4 is 39.0 Å². The van der Waals surface area contributed by atoms with Crippen LogP contribution in [-0.2, 0) is 14.6 Å². The van der Waals surface area contributed by atoms with E-state index in [1.165, 1.54) is 49.6 Å². The number of hydrogen-bond donors (Lipinski definition) is 1. The maximum atomic E-state index is 12.2. The Morgan fingerprint density at radius 2 is 1.62 bits per heavy atom. The fourth-order valence-corrected chi connectivity index (χ4v) is 2.71. The quantitative estimate of drug-likeness (QED) is 0.839. The van der Waals surface area contributed by atoms with Gasteiger partial charge in [0.1, 0.15) is 0 Å². The Kier molecular flexibility index (Phi) is 5.26. The average Bonchev–Trinajstić information content (AvgIpc) is 2.55. The van der Waals surface area contributed by atoms with Crippen LogP contribution in [0.5, 0.6) is 0 Å². The van der Waals surface area contributed by atoms with Gasteiger partial charge in [0.25, 0.3) is 5.91 Å². The Hall–Kier alpha value is -2.38. The number of benzene rings is 2. The molecule has 8 heteroatoms. The molecular weight excluding hydrogens is 354 g/mol. The average molecular weight is 368 g/mol. The molecule has 0 fully saturated rings. The van der Waals surface area contributed by atoms with Crippen molar-refractivity contribution in [1.29, 1.82) is 0 Å². The lowest BCUT2D eigenvalue weighted by Gasteiger charge is -2.09. The molecule has 0 saturated heterocycles. The molecule has 6 nitrogen and oxygen atoms in total. The molecule has 1 amide bonds. The number of anilines is 1. The minimum atomic E-state index is -3.33. The van der Waals surface area contributed by atoms with Crippen LogP contribution >= 0.6 is 11.6 Å². The van der Waals surface area contributed by atoms with Crippen LogP contribution in [0, 0.1) is 0 Å². The zero-order valence-electron chi connectivity index (χ0n) is 12.9. The van der Waals surface area contributed by atoms with Gasteiger partial charge in [-0.3, -0.25) is 4.79 Å². The summed E-state index contributed by atoms with van der Waals surface area (Å²) >= 11 is 6.01. The Bertz CT molecular complexity index is 891. The minimum absolute atomic E-state index is 0.116. The van der Waals surface area contributed by atoms with Crippen LogP contribution in [0.15, 0.2) is 47.4 Å². The first-order chi connectivity index (χ1) is 11.2. The van der Waals surface area contributed by atoms with Crippen molar-refractivity contribution in [1.82, 2.24) is 0 Å². The molecule has 0 atom stereocenters. The molecule has 0 aliphatic carbocycles. The molecule has 0 radical (unpaired) electrons. The summed E-state index contributed by atoms with van der Waals surface area (Å²) in [5, 5.41) is 2.83. The summed E-state index contributed by atoms with van der Waals surface area (Å²) in [6.07, 6.45) is 1.08. The van der Waals surface area contributed by atoms with Crippen molar-refractivity contribution in [3.63, 3.8) is 0 Å². The first-order valence-corrected chi connectivity index (χ1v) is 8.98. The van der Waals surface area contributed by atoms with Crippen LogP contribution in [0.25, 0.3) is 0 Å². The van der Waals surface area contributed by atoms with Gasteiger partial charge in [0.15, 0.2) is 9.84 Å². The third-order valence-electron chi connectivity index (χ3n) is 3.18. The summed E-state index contributed by atoms with van der Waals surface area (Å²) < 4.78 is 27.4. The molecule has 0 aromatic heterocycles. The number of hydrogen-bond acceptors (Lipinski definition) is 5. The van der Waals surface area contributed by atoms with Crippen LogP contribution < -0.4 is 5.32 Å². The highest BCUT2D eigenvalue weighted by molar-refractivity contribution is 7.90. The van der Waals surface area contributed by atoms with Crippen LogP contribution in [-0.4, -0.2) is 33.7 Å². The maximum absolute atomic E-state index is 12.2. The van der Waals surface area contributed by atoms with Gasteiger partial charge in [-0.25, -0.2) is 13.2 Å². The summed E-state index contributed by atoms with van der Waals surface area (Å²) in [7, 11) is -2.08. The smallest absolute Gasteiger partial charge is 0.337 e. The van der Waals surface area contributed by atoms with Gasteiger partial charge in [0.2, 0.25) is 0 Å². The Morgan fingerprint density at radius 1 is 1.04 bits per heavy atom. The lowest BCUT2D eigenvalue weighted by atomic mass is 10.1. The van der Waals surface area contributed by atoms with Gasteiger partial charge in [0, 0.05) is 11.8 Å². The van der Waals surface area contributed by atoms with E-state index in [9.17, 15) is 18.0 Å². The second-order valence-electron chi connectivity index (χ2n) is 4.94. The number of methoxy groups -OCH3 is 1.